The topological polar surface area (TPSA) is 73.8 Å². The molecular weight excluding hydrogens is 523 g/mol. The van der Waals surface area contributed by atoms with Gasteiger partial charge >= 0.3 is 0 Å². The van der Waals surface area contributed by atoms with E-state index >= 15 is 0 Å². The number of carbonyl (C=O) groups excluding carboxylic acids is 1. The number of hydrogen-bond donors (Lipinski definition) is 2. The number of aliphatic imine (C=N–C) groups is 1. The van der Waals surface area contributed by atoms with Crippen LogP contribution in [-0.2, 0) is 17.3 Å². The van der Waals surface area contributed by atoms with Crippen molar-refractivity contribution in [3.63, 3.8) is 0 Å². The largest absolute Gasteiger partial charge is 0.357 e. The van der Waals surface area contributed by atoms with Crippen molar-refractivity contribution >= 4 is 46.6 Å². The molecule has 0 bridgehead atoms. The molecule has 1 saturated carbocycles. The third kappa shape index (κ3) is 8.71. The SMILES string of the molecule is CCNC(=NCc1ccc(C(=O)N(CC)CC)cc1)NC1CCCC(S(=O)CC)C1.I. The van der Waals surface area contributed by atoms with Crippen molar-refractivity contribution in [2.75, 3.05) is 25.4 Å². The Labute approximate surface area is 207 Å². The number of amides is 1. The molecule has 176 valence electrons. The van der Waals surface area contributed by atoms with E-state index in [1.807, 2.05) is 49.9 Å². The zero-order chi connectivity index (χ0) is 21.9. The maximum absolute atomic E-state index is 12.4. The molecule has 2 N–H and O–H groups in total. The molecule has 0 heterocycles. The quantitative estimate of drug-likeness (QED) is 0.272. The summed E-state index contributed by atoms with van der Waals surface area (Å²) in [5, 5.41) is 7.15. The molecule has 1 amide bonds. The van der Waals surface area contributed by atoms with Crippen LogP contribution in [0.5, 0.6) is 0 Å². The summed E-state index contributed by atoms with van der Waals surface area (Å²) < 4.78 is 12.2. The fraction of sp³-hybridized carbons (Fsp3) is 0.652. The molecule has 8 heteroatoms. The fourth-order valence-corrected chi connectivity index (χ4v) is 5.23. The number of nitrogens with zero attached hydrogens (tertiary/aromatic N) is 2. The van der Waals surface area contributed by atoms with E-state index in [2.05, 4.69) is 17.6 Å². The number of rotatable bonds is 9. The van der Waals surface area contributed by atoms with Crippen molar-refractivity contribution in [2.24, 2.45) is 4.99 Å². The van der Waals surface area contributed by atoms with Crippen molar-refractivity contribution in [3.8, 4) is 0 Å². The van der Waals surface area contributed by atoms with E-state index < -0.39 is 10.8 Å². The zero-order valence-corrected chi connectivity index (χ0v) is 22.5. The normalized spacial score (nSPS) is 19.8. The molecule has 0 radical (unpaired) electrons. The van der Waals surface area contributed by atoms with E-state index in [4.69, 9.17) is 4.99 Å². The number of carbonyl (C=O) groups is 1. The number of halogens is 1. The van der Waals surface area contributed by atoms with Crippen molar-refractivity contribution in [1.82, 2.24) is 15.5 Å². The monoisotopic (exact) mass is 562 g/mol. The first kappa shape index (κ1) is 27.9. The highest BCUT2D eigenvalue weighted by Gasteiger charge is 2.26. The molecule has 1 aliphatic rings. The molecule has 6 nitrogen and oxygen atoms in total. The number of benzene rings is 1. The maximum atomic E-state index is 12.4. The summed E-state index contributed by atoms with van der Waals surface area (Å²) in [6, 6.07) is 8.04. The molecular formula is C23H39IN4O2S. The van der Waals surface area contributed by atoms with Gasteiger partial charge < -0.3 is 15.5 Å². The van der Waals surface area contributed by atoms with Gasteiger partial charge in [0.05, 0.1) is 6.54 Å². The van der Waals surface area contributed by atoms with Gasteiger partial charge in [0.25, 0.3) is 5.91 Å². The second-order valence-corrected chi connectivity index (χ2v) is 9.67. The molecule has 1 aromatic rings. The van der Waals surface area contributed by atoms with Crippen LogP contribution in [0.4, 0.5) is 0 Å². The summed E-state index contributed by atoms with van der Waals surface area (Å²) in [5.74, 6) is 1.60. The van der Waals surface area contributed by atoms with Gasteiger partial charge in [-0.3, -0.25) is 9.00 Å². The van der Waals surface area contributed by atoms with Gasteiger partial charge in [0.1, 0.15) is 0 Å². The Morgan fingerprint density at radius 1 is 1.13 bits per heavy atom. The van der Waals surface area contributed by atoms with Crippen molar-refractivity contribution < 1.29 is 9.00 Å². The lowest BCUT2D eigenvalue weighted by Crippen LogP contribution is -2.46. The lowest BCUT2D eigenvalue weighted by Gasteiger charge is -2.30. The molecule has 3 unspecified atom stereocenters. The minimum Gasteiger partial charge on any atom is -0.357 e. The minimum atomic E-state index is -0.729. The van der Waals surface area contributed by atoms with Gasteiger partial charge in [-0.2, -0.15) is 0 Å². The molecule has 0 aromatic heterocycles. The van der Waals surface area contributed by atoms with Gasteiger partial charge in [0.2, 0.25) is 0 Å². The summed E-state index contributed by atoms with van der Waals surface area (Å²) in [5.41, 5.74) is 1.78. The number of guanidine groups is 1. The van der Waals surface area contributed by atoms with Crippen LogP contribution in [0, 0.1) is 0 Å². The highest BCUT2D eigenvalue weighted by atomic mass is 127. The predicted molar refractivity (Wildman–Crippen MR) is 142 cm³/mol. The molecule has 0 aliphatic heterocycles. The highest BCUT2D eigenvalue weighted by Crippen LogP contribution is 2.23. The Kier molecular flexibility index (Phi) is 13.3. The summed E-state index contributed by atoms with van der Waals surface area (Å²) in [4.78, 5) is 19.0. The van der Waals surface area contributed by atoms with Crippen LogP contribution in [0.1, 0.15) is 69.3 Å². The van der Waals surface area contributed by atoms with Gasteiger partial charge in [-0.05, 0) is 57.7 Å². The summed E-state index contributed by atoms with van der Waals surface area (Å²) in [6.45, 7) is 10.8. The third-order valence-electron chi connectivity index (χ3n) is 5.64. The van der Waals surface area contributed by atoms with Crippen LogP contribution < -0.4 is 10.6 Å². The fourth-order valence-electron chi connectivity index (χ4n) is 3.88. The molecule has 0 saturated heterocycles. The number of hydrogen-bond acceptors (Lipinski definition) is 3. The smallest absolute Gasteiger partial charge is 0.253 e. The highest BCUT2D eigenvalue weighted by molar-refractivity contribution is 14.0. The predicted octanol–water partition coefficient (Wildman–Crippen LogP) is 3.92. The lowest BCUT2D eigenvalue weighted by molar-refractivity contribution is 0.0773. The average molecular weight is 563 g/mol. The van der Waals surface area contributed by atoms with E-state index in [1.54, 1.807) is 0 Å². The van der Waals surface area contributed by atoms with Crippen molar-refractivity contribution in [3.05, 3.63) is 35.4 Å². The Balaban J connectivity index is 0.00000480. The zero-order valence-electron chi connectivity index (χ0n) is 19.4. The van der Waals surface area contributed by atoms with Crippen LogP contribution in [0.25, 0.3) is 0 Å². The van der Waals surface area contributed by atoms with Gasteiger partial charge in [0.15, 0.2) is 5.96 Å². The van der Waals surface area contributed by atoms with Crippen LogP contribution in [0.3, 0.4) is 0 Å². The van der Waals surface area contributed by atoms with Crippen molar-refractivity contribution in [2.45, 2.75) is 71.2 Å². The molecule has 1 aromatic carbocycles. The summed E-state index contributed by atoms with van der Waals surface area (Å²) in [7, 11) is -0.729. The van der Waals surface area contributed by atoms with Gasteiger partial charge in [0, 0.05) is 53.0 Å². The minimum absolute atomic E-state index is 0. The molecule has 0 spiro atoms. The van der Waals surface area contributed by atoms with E-state index in [9.17, 15) is 9.00 Å². The second-order valence-electron chi connectivity index (χ2n) is 7.67. The van der Waals surface area contributed by atoms with Crippen LogP contribution in [-0.4, -0.2) is 57.7 Å². The van der Waals surface area contributed by atoms with Gasteiger partial charge in [-0.1, -0.05) is 25.5 Å². The van der Waals surface area contributed by atoms with E-state index in [0.29, 0.717) is 36.5 Å². The van der Waals surface area contributed by atoms with E-state index in [1.165, 1.54) is 0 Å². The van der Waals surface area contributed by atoms with Crippen LogP contribution in [0.15, 0.2) is 29.3 Å². The first-order chi connectivity index (χ1) is 14.5. The van der Waals surface area contributed by atoms with Gasteiger partial charge in [-0.15, -0.1) is 24.0 Å². The Hall–Kier alpha value is -1.16. The molecule has 2 rings (SSSR count). The van der Waals surface area contributed by atoms with Gasteiger partial charge in [-0.25, -0.2) is 4.99 Å². The summed E-state index contributed by atoms with van der Waals surface area (Å²) >= 11 is 0. The summed E-state index contributed by atoms with van der Waals surface area (Å²) in [6.07, 6.45) is 4.19. The Bertz CT molecular complexity index is 723. The third-order valence-corrected chi connectivity index (χ3v) is 7.38. The maximum Gasteiger partial charge on any atom is 0.253 e. The lowest BCUT2D eigenvalue weighted by atomic mass is 9.95. The molecule has 31 heavy (non-hydrogen) atoms. The van der Waals surface area contributed by atoms with Crippen LogP contribution >= 0.6 is 24.0 Å². The average Bonchev–Trinajstić information content (AvgIpc) is 2.78. The molecule has 3 atom stereocenters. The van der Waals surface area contributed by atoms with E-state index in [0.717, 1.165) is 49.5 Å². The Morgan fingerprint density at radius 2 is 1.81 bits per heavy atom. The Morgan fingerprint density at radius 3 is 2.39 bits per heavy atom. The van der Waals surface area contributed by atoms with E-state index in [-0.39, 0.29) is 29.9 Å². The van der Waals surface area contributed by atoms with Crippen molar-refractivity contribution in [1.29, 1.82) is 0 Å². The van der Waals surface area contributed by atoms with Crippen LogP contribution in [0.2, 0.25) is 0 Å². The first-order valence-corrected chi connectivity index (χ1v) is 12.7. The second kappa shape index (κ2) is 14.8. The molecule has 1 fully saturated rings. The standard InChI is InChI=1S/C23H38N4O2S.HI/c1-5-24-23(26-20-10-9-11-21(16-20)30(29)8-4)25-17-18-12-14-19(15-13-18)22(28)27(6-2)7-3;/h12-15,20-21H,5-11,16-17H2,1-4H3,(H2,24,25,26);1H. The number of nitrogens with one attached hydrogen (secondary N) is 2. The first-order valence-electron chi connectivity index (χ1n) is 11.3. The molecule has 1 aliphatic carbocycles.